The Morgan fingerprint density at radius 1 is 1.31 bits per heavy atom. The van der Waals surface area contributed by atoms with Crippen LogP contribution < -0.4 is 0 Å². The maximum Gasteiger partial charge on any atom is 0.344 e. The van der Waals surface area contributed by atoms with Crippen molar-refractivity contribution in [1.82, 2.24) is 10.1 Å². The summed E-state index contributed by atoms with van der Waals surface area (Å²) < 4.78 is 10.4. The molecule has 2 aromatic rings. The van der Waals surface area contributed by atoms with Gasteiger partial charge >= 0.3 is 5.97 Å². The van der Waals surface area contributed by atoms with Crippen molar-refractivity contribution < 1.29 is 18.8 Å². The van der Waals surface area contributed by atoms with Crippen LogP contribution in [0.5, 0.6) is 0 Å². The number of halogens is 1. The van der Waals surface area contributed by atoms with Crippen LogP contribution in [0, 0.1) is 18.3 Å². The molecule has 3 rings (SSSR count). The summed E-state index contributed by atoms with van der Waals surface area (Å²) in [6, 6.07) is 9.22. The molecule has 7 nitrogen and oxygen atoms in total. The van der Waals surface area contributed by atoms with E-state index in [0.29, 0.717) is 23.4 Å². The van der Waals surface area contributed by atoms with Crippen molar-refractivity contribution in [3.63, 3.8) is 0 Å². The van der Waals surface area contributed by atoms with Crippen molar-refractivity contribution in [3.8, 4) is 17.3 Å². The minimum Gasteiger partial charge on any atom is -0.452 e. The summed E-state index contributed by atoms with van der Waals surface area (Å²) in [6.07, 6.45) is 4.10. The quantitative estimate of drug-likeness (QED) is 0.680. The van der Waals surface area contributed by atoms with Gasteiger partial charge in [-0.05, 0) is 25.8 Å². The summed E-state index contributed by atoms with van der Waals surface area (Å²) in [5.74, 6) is -0.878. The molecule has 8 heteroatoms. The molecular weight excluding hydrogens is 394 g/mol. The van der Waals surface area contributed by atoms with E-state index in [-0.39, 0.29) is 17.0 Å². The zero-order chi connectivity index (χ0) is 21.0. The predicted octanol–water partition coefficient (Wildman–Crippen LogP) is 4.15. The molecule has 1 aliphatic rings. The average Bonchev–Trinajstić information content (AvgIpc) is 3.13. The van der Waals surface area contributed by atoms with Gasteiger partial charge in [-0.3, -0.25) is 4.79 Å². The van der Waals surface area contributed by atoms with E-state index in [0.717, 1.165) is 19.3 Å². The van der Waals surface area contributed by atoms with Crippen LogP contribution in [0.3, 0.4) is 0 Å². The molecule has 0 N–H and O–H groups in total. The lowest BCUT2D eigenvalue weighted by molar-refractivity contribution is -0.138. The molecule has 0 radical (unpaired) electrons. The molecule has 0 unspecified atom stereocenters. The van der Waals surface area contributed by atoms with E-state index >= 15 is 0 Å². The van der Waals surface area contributed by atoms with Crippen LogP contribution in [-0.4, -0.2) is 41.1 Å². The minimum absolute atomic E-state index is 0.126. The highest BCUT2D eigenvalue weighted by Gasteiger charge is 2.39. The second-order valence-corrected chi connectivity index (χ2v) is 7.58. The molecular formula is C21H22ClN3O4. The second-order valence-electron chi connectivity index (χ2n) is 7.18. The van der Waals surface area contributed by atoms with Crippen molar-refractivity contribution in [1.29, 1.82) is 5.26 Å². The highest BCUT2D eigenvalue weighted by atomic mass is 35.5. The third-order valence-electron chi connectivity index (χ3n) is 5.43. The van der Waals surface area contributed by atoms with Crippen molar-refractivity contribution in [2.24, 2.45) is 0 Å². The number of hydrogen-bond donors (Lipinski definition) is 0. The number of carbonyl (C=O) groups excluding carboxylic acids is 2. The normalized spacial score (nSPS) is 15.4. The van der Waals surface area contributed by atoms with Crippen LogP contribution >= 0.6 is 11.6 Å². The fraction of sp³-hybridized carbons (Fsp3) is 0.429. The van der Waals surface area contributed by atoms with Crippen LogP contribution in [0.2, 0.25) is 5.02 Å². The van der Waals surface area contributed by atoms with Crippen LogP contribution in [-0.2, 0) is 9.53 Å². The van der Waals surface area contributed by atoms with E-state index in [9.17, 15) is 14.9 Å². The van der Waals surface area contributed by atoms with E-state index < -0.39 is 24.0 Å². The van der Waals surface area contributed by atoms with Gasteiger partial charge in [0, 0.05) is 12.6 Å². The molecule has 1 fully saturated rings. The summed E-state index contributed by atoms with van der Waals surface area (Å²) in [4.78, 5) is 26.7. The molecule has 0 aliphatic heterocycles. The third kappa shape index (κ3) is 4.13. The Kier molecular flexibility index (Phi) is 6.23. The highest BCUT2D eigenvalue weighted by molar-refractivity contribution is 6.33. The van der Waals surface area contributed by atoms with Crippen molar-refractivity contribution >= 4 is 23.5 Å². The fourth-order valence-electron chi connectivity index (χ4n) is 3.64. The SMILES string of the molecule is Cc1onc(-c2ccccc2Cl)c1C(=O)OCC(=O)N(C)C1(C#N)CCCCC1. The van der Waals surface area contributed by atoms with Gasteiger partial charge in [-0.1, -0.05) is 54.2 Å². The number of ether oxygens (including phenoxy) is 1. The Balaban J connectivity index is 1.73. The molecule has 1 heterocycles. The van der Waals surface area contributed by atoms with Gasteiger partial charge in [0.05, 0.1) is 11.1 Å². The van der Waals surface area contributed by atoms with Crippen molar-refractivity contribution in [3.05, 3.63) is 40.6 Å². The average molecular weight is 416 g/mol. The van der Waals surface area contributed by atoms with E-state index in [1.807, 2.05) is 0 Å². The van der Waals surface area contributed by atoms with Gasteiger partial charge in [0.1, 0.15) is 22.6 Å². The van der Waals surface area contributed by atoms with Crippen LogP contribution in [0.25, 0.3) is 11.3 Å². The molecule has 1 saturated carbocycles. The van der Waals surface area contributed by atoms with E-state index in [2.05, 4.69) is 11.2 Å². The van der Waals surface area contributed by atoms with Gasteiger partial charge < -0.3 is 14.2 Å². The molecule has 0 bridgehead atoms. The van der Waals surface area contributed by atoms with Crippen LogP contribution in [0.4, 0.5) is 0 Å². The second kappa shape index (κ2) is 8.66. The van der Waals surface area contributed by atoms with Crippen molar-refractivity contribution in [2.75, 3.05) is 13.7 Å². The van der Waals surface area contributed by atoms with E-state index in [4.69, 9.17) is 20.9 Å². The number of rotatable bonds is 5. The van der Waals surface area contributed by atoms with Gasteiger partial charge in [0.15, 0.2) is 6.61 Å². The van der Waals surface area contributed by atoms with Crippen LogP contribution in [0.15, 0.2) is 28.8 Å². The fourth-order valence-corrected chi connectivity index (χ4v) is 3.87. The monoisotopic (exact) mass is 415 g/mol. The summed E-state index contributed by atoms with van der Waals surface area (Å²) in [6.45, 7) is 1.12. The first kappa shape index (κ1) is 20.9. The number of benzene rings is 1. The van der Waals surface area contributed by atoms with E-state index in [1.54, 1.807) is 38.2 Å². The topological polar surface area (TPSA) is 96.4 Å². The molecule has 1 aromatic carbocycles. The summed E-state index contributed by atoms with van der Waals surface area (Å²) in [5, 5.41) is 14.0. The minimum atomic E-state index is -0.836. The smallest absolute Gasteiger partial charge is 0.344 e. The number of likely N-dealkylation sites (N-methyl/N-ethyl adjacent to an activating group) is 1. The lowest BCUT2D eigenvalue weighted by Crippen LogP contribution is -2.51. The molecule has 1 aliphatic carbocycles. The van der Waals surface area contributed by atoms with Gasteiger partial charge in [0.2, 0.25) is 0 Å². The van der Waals surface area contributed by atoms with Gasteiger partial charge in [-0.25, -0.2) is 4.79 Å². The Bertz CT molecular complexity index is 957. The molecule has 0 spiro atoms. The zero-order valence-corrected chi connectivity index (χ0v) is 17.2. The molecule has 1 aromatic heterocycles. The standard InChI is InChI=1S/C21H22ClN3O4/c1-14-18(19(24-29-14)15-8-4-5-9-16(15)22)20(27)28-12-17(26)25(2)21(13-23)10-6-3-7-11-21/h4-5,8-9H,3,6-7,10-12H2,1-2H3. The maximum absolute atomic E-state index is 12.7. The zero-order valence-electron chi connectivity index (χ0n) is 16.4. The lowest BCUT2D eigenvalue weighted by atomic mass is 9.81. The first-order chi connectivity index (χ1) is 13.9. The predicted molar refractivity (Wildman–Crippen MR) is 106 cm³/mol. The Morgan fingerprint density at radius 2 is 2.00 bits per heavy atom. The van der Waals surface area contributed by atoms with Gasteiger partial charge in [-0.2, -0.15) is 5.26 Å². The number of aryl methyl sites for hydroxylation is 1. The van der Waals surface area contributed by atoms with Gasteiger partial charge in [0.25, 0.3) is 5.91 Å². The van der Waals surface area contributed by atoms with Crippen molar-refractivity contribution in [2.45, 2.75) is 44.6 Å². The number of nitrogens with zero attached hydrogens (tertiary/aromatic N) is 3. The molecule has 0 atom stereocenters. The Labute approximate surface area is 174 Å². The number of amides is 1. The summed E-state index contributed by atoms with van der Waals surface area (Å²) in [5.41, 5.74) is 0.0883. The Morgan fingerprint density at radius 3 is 2.66 bits per heavy atom. The van der Waals surface area contributed by atoms with Gasteiger partial charge in [-0.15, -0.1) is 0 Å². The summed E-state index contributed by atoms with van der Waals surface area (Å²) in [7, 11) is 1.59. The molecule has 1 amide bonds. The first-order valence-electron chi connectivity index (χ1n) is 9.46. The number of esters is 1. The lowest BCUT2D eigenvalue weighted by Gasteiger charge is -2.38. The number of aromatic nitrogens is 1. The van der Waals surface area contributed by atoms with Crippen LogP contribution in [0.1, 0.15) is 48.2 Å². The highest BCUT2D eigenvalue weighted by Crippen LogP contribution is 2.33. The molecule has 152 valence electrons. The number of nitriles is 1. The first-order valence-corrected chi connectivity index (χ1v) is 9.83. The molecule has 29 heavy (non-hydrogen) atoms. The van der Waals surface area contributed by atoms with E-state index in [1.165, 1.54) is 4.90 Å². The number of carbonyl (C=O) groups is 2. The molecule has 0 saturated heterocycles. The largest absolute Gasteiger partial charge is 0.452 e. The summed E-state index contributed by atoms with van der Waals surface area (Å²) >= 11 is 6.21. The maximum atomic E-state index is 12.7. The third-order valence-corrected chi connectivity index (χ3v) is 5.76. The Hall–Kier alpha value is -2.85. The number of hydrogen-bond acceptors (Lipinski definition) is 6.